The first-order valence-electron chi connectivity index (χ1n) is 7.39. The number of hydrogen-bond donors (Lipinski definition) is 3. The van der Waals surface area contributed by atoms with Gasteiger partial charge in [-0.15, -0.1) is 0 Å². The Morgan fingerprint density at radius 2 is 2.00 bits per heavy atom. The van der Waals surface area contributed by atoms with Crippen LogP contribution in [0.25, 0.3) is 16.6 Å². The van der Waals surface area contributed by atoms with Gasteiger partial charge >= 0.3 is 6.18 Å². The third-order valence-electron chi connectivity index (χ3n) is 3.91. The van der Waals surface area contributed by atoms with Crippen molar-refractivity contribution in [3.63, 3.8) is 0 Å². The van der Waals surface area contributed by atoms with Gasteiger partial charge in [0, 0.05) is 35.6 Å². The number of H-pyrrole nitrogens is 2. The number of carbonyl (C=O) groups is 1. The molecule has 0 spiro atoms. The molecular formula is C16H10F3N5O2. The van der Waals surface area contributed by atoms with Crippen LogP contribution < -0.4 is 10.9 Å². The van der Waals surface area contributed by atoms with E-state index >= 15 is 0 Å². The van der Waals surface area contributed by atoms with Crippen LogP contribution >= 0.6 is 0 Å². The van der Waals surface area contributed by atoms with Crippen LogP contribution in [0.4, 0.5) is 18.9 Å². The van der Waals surface area contributed by atoms with E-state index < -0.39 is 28.9 Å². The molecule has 0 aliphatic rings. The molecule has 26 heavy (non-hydrogen) atoms. The van der Waals surface area contributed by atoms with Crippen LogP contribution in [0, 0.1) is 0 Å². The topological polar surface area (TPSA) is 95.0 Å². The average Bonchev–Trinajstić information content (AvgIpc) is 3.21. The van der Waals surface area contributed by atoms with Gasteiger partial charge in [0.25, 0.3) is 11.5 Å². The highest BCUT2D eigenvalue weighted by Crippen LogP contribution is 2.37. The van der Waals surface area contributed by atoms with Gasteiger partial charge in [0.1, 0.15) is 5.56 Å². The number of benzene rings is 1. The molecule has 0 bridgehead atoms. The number of rotatable bonds is 2. The monoisotopic (exact) mass is 361 g/mol. The maximum absolute atomic E-state index is 13.3. The van der Waals surface area contributed by atoms with Gasteiger partial charge in [0.15, 0.2) is 5.65 Å². The summed E-state index contributed by atoms with van der Waals surface area (Å²) in [5.41, 5.74) is -1.85. The quantitative estimate of drug-likeness (QED) is 0.512. The minimum absolute atomic E-state index is 0.287. The van der Waals surface area contributed by atoms with E-state index in [4.69, 9.17) is 0 Å². The molecule has 3 aromatic heterocycles. The summed E-state index contributed by atoms with van der Waals surface area (Å²) >= 11 is 0. The molecular weight excluding hydrogens is 351 g/mol. The Kier molecular flexibility index (Phi) is 3.36. The first kappa shape index (κ1) is 15.9. The molecule has 132 valence electrons. The number of alkyl halides is 3. The first-order valence-corrected chi connectivity index (χ1v) is 7.39. The van der Waals surface area contributed by atoms with Crippen molar-refractivity contribution in [2.45, 2.75) is 6.18 Å². The number of aromatic nitrogens is 4. The number of hydrogen-bond acceptors (Lipinski definition) is 3. The molecule has 4 aromatic rings. The molecule has 1 aromatic carbocycles. The fourth-order valence-corrected chi connectivity index (χ4v) is 2.68. The second-order valence-corrected chi connectivity index (χ2v) is 5.55. The molecule has 3 N–H and O–H groups in total. The molecule has 4 rings (SSSR count). The Labute approximate surface area is 142 Å². The maximum atomic E-state index is 13.3. The lowest BCUT2D eigenvalue weighted by Gasteiger charge is -2.14. The number of fused-ring (bicyclic) bond motifs is 2. The molecule has 0 aliphatic carbocycles. The summed E-state index contributed by atoms with van der Waals surface area (Å²) in [6.07, 6.45) is -0.704. The Bertz CT molecular complexity index is 1200. The van der Waals surface area contributed by atoms with Gasteiger partial charge in [0.2, 0.25) is 0 Å². The van der Waals surface area contributed by atoms with E-state index in [0.717, 1.165) is 16.8 Å². The van der Waals surface area contributed by atoms with Crippen LogP contribution in [0.3, 0.4) is 0 Å². The lowest BCUT2D eigenvalue weighted by Crippen LogP contribution is -2.27. The minimum atomic E-state index is -4.68. The number of nitrogens with one attached hydrogen (secondary N) is 3. The van der Waals surface area contributed by atoms with Gasteiger partial charge in [-0.05, 0) is 18.2 Å². The van der Waals surface area contributed by atoms with Crippen molar-refractivity contribution >= 4 is 28.1 Å². The van der Waals surface area contributed by atoms with Crippen molar-refractivity contribution in [1.82, 2.24) is 19.6 Å². The van der Waals surface area contributed by atoms with Gasteiger partial charge in [0.05, 0.1) is 11.3 Å². The fourth-order valence-electron chi connectivity index (χ4n) is 2.68. The van der Waals surface area contributed by atoms with Crippen LogP contribution in [0.5, 0.6) is 0 Å². The zero-order valence-electron chi connectivity index (χ0n) is 12.9. The van der Waals surface area contributed by atoms with E-state index in [2.05, 4.69) is 20.4 Å². The highest BCUT2D eigenvalue weighted by Gasteiger charge is 2.34. The smallest absolute Gasteiger partial charge is 0.361 e. The Morgan fingerprint density at radius 3 is 2.77 bits per heavy atom. The zero-order chi connectivity index (χ0) is 18.5. The summed E-state index contributed by atoms with van der Waals surface area (Å²) in [6.45, 7) is 0. The minimum Gasteiger partial charge on any atom is -0.361 e. The van der Waals surface area contributed by atoms with Crippen molar-refractivity contribution in [1.29, 1.82) is 0 Å². The van der Waals surface area contributed by atoms with Crippen LogP contribution in [-0.4, -0.2) is 25.5 Å². The Morgan fingerprint density at radius 1 is 1.19 bits per heavy atom. The second-order valence-electron chi connectivity index (χ2n) is 5.55. The molecule has 0 atom stereocenters. The molecule has 0 aliphatic heterocycles. The summed E-state index contributed by atoms with van der Waals surface area (Å²) in [7, 11) is 0. The third-order valence-corrected chi connectivity index (χ3v) is 3.91. The van der Waals surface area contributed by atoms with E-state index in [1.807, 2.05) is 0 Å². The SMILES string of the molecule is O=C(Nc1cc2[nH]ccc2cc1C(F)(F)F)c1cnc2cc[nH]n2c1=O. The summed E-state index contributed by atoms with van der Waals surface area (Å²) in [6, 6.07) is 5.12. The van der Waals surface area contributed by atoms with E-state index in [9.17, 15) is 22.8 Å². The van der Waals surface area contributed by atoms with Crippen molar-refractivity contribution in [2.75, 3.05) is 5.32 Å². The van der Waals surface area contributed by atoms with E-state index in [1.54, 1.807) is 0 Å². The molecule has 1 amide bonds. The van der Waals surface area contributed by atoms with Crippen LogP contribution in [-0.2, 0) is 6.18 Å². The molecule has 0 saturated heterocycles. The highest BCUT2D eigenvalue weighted by molar-refractivity contribution is 6.05. The van der Waals surface area contributed by atoms with Crippen molar-refractivity contribution in [3.8, 4) is 0 Å². The third kappa shape index (κ3) is 2.51. The van der Waals surface area contributed by atoms with Crippen molar-refractivity contribution in [2.24, 2.45) is 0 Å². The van der Waals surface area contributed by atoms with Crippen LogP contribution in [0.15, 0.2) is 47.7 Å². The van der Waals surface area contributed by atoms with Crippen molar-refractivity contribution in [3.05, 3.63) is 64.3 Å². The van der Waals surface area contributed by atoms with Gasteiger partial charge < -0.3 is 10.3 Å². The number of amides is 1. The number of anilines is 1. The second kappa shape index (κ2) is 5.48. The number of aromatic amines is 2. The molecule has 0 unspecified atom stereocenters. The Balaban J connectivity index is 1.79. The van der Waals surface area contributed by atoms with Crippen LogP contribution in [0.1, 0.15) is 15.9 Å². The number of carbonyl (C=O) groups excluding carboxylic acids is 1. The van der Waals surface area contributed by atoms with E-state index in [1.165, 1.54) is 30.6 Å². The number of nitrogens with zero attached hydrogens (tertiary/aromatic N) is 2. The fraction of sp³-hybridized carbons (Fsp3) is 0.0625. The molecule has 10 heteroatoms. The van der Waals surface area contributed by atoms with Crippen LogP contribution in [0.2, 0.25) is 0 Å². The zero-order valence-corrected chi connectivity index (χ0v) is 12.9. The lowest BCUT2D eigenvalue weighted by molar-refractivity contribution is -0.136. The highest BCUT2D eigenvalue weighted by atomic mass is 19.4. The lowest BCUT2D eigenvalue weighted by atomic mass is 10.1. The Hall–Kier alpha value is -3.56. The molecule has 0 radical (unpaired) electrons. The standard InChI is InChI=1S/C16H10F3N5O2/c17-16(18,19)10-5-8-1-3-20-11(8)6-12(10)23-14(25)9-7-21-13-2-4-22-24(13)15(9)26/h1-7,20,22H,(H,23,25). The summed E-state index contributed by atoms with van der Waals surface area (Å²) in [5.74, 6) is -0.983. The largest absolute Gasteiger partial charge is 0.418 e. The summed E-state index contributed by atoms with van der Waals surface area (Å²) in [4.78, 5) is 31.4. The first-order chi connectivity index (χ1) is 12.3. The van der Waals surface area contributed by atoms with Gasteiger partial charge in [-0.3, -0.25) is 14.7 Å². The van der Waals surface area contributed by atoms with Gasteiger partial charge in [-0.1, -0.05) is 0 Å². The van der Waals surface area contributed by atoms with Gasteiger partial charge in [-0.25, -0.2) is 9.50 Å². The normalized spacial score (nSPS) is 12.0. The number of halogens is 3. The summed E-state index contributed by atoms with van der Waals surface area (Å²) < 4.78 is 41.0. The van der Waals surface area contributed by atoms with E-state index in [-0.39, 0.29) is 11.2 Å². The predicted molar refractivity (Wildman–Crippen MR) is 87.1 cm³/mol. The summed E-state index contributed by atoms with van der Waals surface area (Å²) in [5, 5.41) is 5.10. The van der Waals surface area contributed by atoms with Gasteiger partial charge in [-0.2, -0.15) is 13.2 Å². The molecule has 0 saturated carbocycles. The van der Waals surface area contributed by atoms with Crippen molar-refractivity contribution < 1.29 is 18.0 Å². The maximum Gasteiger partial charge on any atom is 0.418 e. The van der Waals surface area contributed by atoms with E-state index in [0.29, 0.717) is 10.9 Å². The molecule has 7 nitrogen and oxygen atoms in total. The predicted octanol–water partition coefficient (Wildman–Crippen LogP) is 2.78. The average molecular weight is 361 g/mol. The molecule has 0 fully saturated rings. The molecule has 3 heterocycles.